The van der Waals surface area contributed by atoms with E-state index < -0.39 is 47.3 Å². The van der Waals surface area contributed by atoms with Crippen LogP contribution in [0.3, 0.4) is 0 Å². The van der Waals surface area contributed by atoms with Gasteiger partial charge in [0.1, 0.15) is 17.5 Å². The van der Waals surface area contributed by atoms with E-state index in [9.17, 15) is 27.6 Å². The van der Waals surface area contributed by atoms with Gasteiger partial charge in [-0.2, -0.15) is 13.2 Å². The van der Waals surface area contributed by atoms with Crippen LogP contribution in [0.1, 0.15) is 16.7 Å². The van der Waals surface area contributed by atoms with Gasteiger partial charge in [0.15, 0.2) is 5.76 Å². The molecule has 0 radical (unpaired) electrons. The van der Waals surface area contributed by atoms with Crippen molar-refractivity contribution in [2.75, 3.05) is 7.11 Å². The molecule has 0 bridgehead atoms. The average Bonchev–Trinajstić information content (AvgIpc) is 3.05. The first-order chi connectivity index (χ1) is 15.1. The van der Waals surface area contributed by atoms with Gasteiger partial charge in [0, 0.05) is 0 Å². The van der Waals surface area contributed by atoms with E-state index in [0.29, 0.717) is 5.56 Å². The number of hydrogen-bond donors (Lipinski definition) is 2. The number of imide groups is 1. The molecule has 168 valence electrons. The Kier molecular flexibility index (Phi) is 6.49. The number of carbonyl (C=O) groups excluding carboxylic acids is 3. The van der Waals surface area contributed by atoms with Crippen LogP contribution in [-0.2, 0) is 31.7 Å². The Morgan fingerprint density at radius 1 is 1.19 bits per heavy atom. The molecule has 3 N–H and O–H groups in total. The van der Waals surface area contributed by atoms with E-state index in [2.05, 4.69) is 9.47 Å². The number of halogens is 3. The second kappa shape index (κ2) is 9.10. The van der Waals surface area contributed by atoms with Gasteiger partial charge >= 0.3 is 18.2 Å². The van der Waals surface area contributed by atoms with Crippen LogP contribution in [0, 0.1) is 0 Å². The summed E-state index contributed by atoms with van der Waals surface area (Å²) >= 11 is 0. The largest absolute Gasteiger partial charge is 0.468 e. The number of methoxy groups -OCH3 is 1. The van der Waals surface area contributed by atoms with Gasteiger partial charge in [-0.05, 0) is 47.9 Å². The van der Waals surface area contributed by atoms with Crippen LogP contribution in [0.2, 0.25) is 0 Å². The second-order valence-corrected chi connectivity index (χ2v) is 6.69. The summed E-state index contributed by atoms with van der Waals surface area (Å²) in [6.07, 6.45) is -4.57. The Balaban J connectivity index is 1.82. The Morgan fingerprint density at radius 3 is 2.44 bits per heavy atom. The van der Waals surface area contributed by atoms with Gasteiger partial charge in [0.2, 0.25) is 0 Å². The van der Waals surface area contributed by atoms with Crippen molar-refractivity contribution in [1.82, 2.24) is 5.32 Å². The molecule has 32 heavy (non-hydrogen) atoms. The van der Waals surface area contributed by atoms with E-state index >= 15 is 0 Å². The molecular formula is C21H17F3N2O6. The summed E-state index contributed by atoms with van der Waals surface area (Å²) in [5, 5.41) is 1.85. The Hall–Kier alpha value is -3.86. The highest BCUT2D eigenvalue weighted by Crippen LogP contribution is 2.39. The number of rotatable bonds is 6. The number of nitrogens with two attached hydrogens (primary N) is 1. The molecule has 11 heteroatoms. The molecule has 8 nitrogen and oxygen atoms in total. The van der Waals surface area contributed by atoms with Crippen LogP contribution >= 0.6 is 0 Å². The van der Waals surface area contributed by atoms with Gasteiger partial charge in [-0.25, -0.2) is 4.79 Å². The van der Waals surface area contributed by atoms with E-state index in [-0.39, 0.29) is 17.7 Å². The van der Waals surface area contributed by atoms with E-state index in [4.69, 9.17) is 10.5 Å². The second-order valence-electron chi connectivity index (χ2n) is 6.69. The van der Waals surface area contributed by atoms with E-state index in [1.165, 1.54) is 25.3 Å². The molecular weight excluding hydrogens is 433 g/mol. The highest BCUT2D eigenvalue weighted by atomic mass is 19.4. The standard InChI is InChI=1S/C21H17F3N2O6/c1-30-19(28)15(25)9-11-2-5-13(6-3-11)31-16-7-4-12(8-14(16)21(22,23)24)10-17-18(27)26-20(29)32-17/h2-8,10,15H,9,25H2,1H3,(H,26,27,29). The lowest BCUT2D eigenvalue weighted by Gasteiger charge is -2.15. The lowest BCUT2D eigenvalue weighted by Crippen LogP contribution is -2.33. The van der Waals surface area contributed by atoms with Crippen LogP contribution in [0.25, 0.3) is 6.08 Å². The Labute approximate surface area is 179 Å². The predicted octanol–water partition coefficient (Wildman–Crippen LogP) is 3.15. The van der Waals surface area contributed by atoms with Crippen molar-refractivity contribution in [3.8, 4) is 11.5 Å². The zero-order valence-corrected chi connectivity index (χ0v) is 16.6. The van der Waals surface area contributed by atoms with Crippen molar-refractivity contribution in [3.05, 3.63) is 64.9 Å². The van der Waals surface area contributed by atoms with Gasteiger partial charge in [-0.1, -0.05) is 18.2 Å². The average molecular weight is 450 g/mol. The number of benzene rings is 2. The number of nitrogens with one attached hydrogen (secondary N) is 1. The van der Waals surface area contributed by atoms with Gasteiger partial charge in [-0.3, -0.25) is 14.9 Å². The smallest absolute Gasteiger partial charge is 0.420 e. The molecule has 2 aromatic rings. The molecule has 1 heterocycles. The summed E-state index contributed by atoms with van der Waals surface area (Å²) < 4.78 is 55.3. The summed E-state index contributed by atoms with van der Waals surface area (Å²) in [5.41, 5.74) is 5.25. The lowest BCUT2D eigenvalue weighted by atomic mass is 10.1. The normalized spacial score (nSPS) is 15.8. The predicted molar refractivity (Wildman–Crippen MR) is 104 cm³/mol. The highest BCUT2D eigenvalue weighted by Gasteiger charge is 2.35. The summed E-state index contributed by atoms with van der Waals surface area (Å²) in [5.74, 6) is -2.19. The maximum Gasteiger partial charge on any atom is 0.420 e. The molecule has 1 aliphatic heterocycles. The number of carbonyl (C=O) groups is 3. The van der Waals surface area contributed by atoms with Crippen LogP contribution in [-0.4, -0.2) is 31.1 Å². The number of amides is 2. The minimum Gasteiger partial charge on any atom is -0.468 e. The molecule has 0 spiro atoms. The van der Waals surface area contributed by atoms with Crippen LogP contribution in [0.15, 0.2) is 48.2 Å². The fourth-order valence-electron chi connectivity index (χ4n) is 2.83. The molecule has 2 amide bonds. The zero-order chi connectivity index (χ0) is 23.5. The maximum absolute atomic E-state index is 13.6. The molecule has 0 aromatic heterocycles. The van der Waals surface area contributed by atoms with Crippen molar-refractivity contribution in [2.24, 2.45) is 5.73 Å². The quantitative estimate of drug-likeness (QED) is 0.513. The number of ether oxygens (including phenoxy) is 3. The highest BCUT2D eigenvalue weighted by molar-refractivity contribution is 6.09. The Bertz CT molecular complexity index is 1080. The Morgan fingerprint density at radius 2 is 1.88 bits per heavy atom. The summed E-state index contributed by atoms with van der Waals surface area (Å²) in [7, 11) is 1.22. The third-order valence-electron chi connectivity index (χ3n) is 4.36. The van der Waals surface area contributed by atoms with Gasteiger partial charge in [-0.15, -0.1) is 0 Å². The fourth-order valence-corrected chi connectivity index (χ4v) is 2.83. The third-order valence-corrected chi connectivity index (χ3v) is 4.36. The van der Waals surface area contributed by atoms with Crippen molar-refractivity contribution in [3.63, 3.8) is 0 Å². The maximum atomic E-state index is 13.6. The van der Waals surface area contributed by atoms with Crippen LogP contribution in [0.5, 0.6) is 11.5 Å². The van der Waals surface area contributed by atoms with Crippen LogP contribution < -0.4 is 15.8 Å². The SMILES string of the molecule is COC(=O)C(N)Cc1ccc(Oc2ccc(C=C3OC(=O)NC3=O)cc2C(F)(F)F)cc1. The van der Waals surface area contributed by atoms with Gasteiger partial charge in [0.25, 0.3) is 5.91 Å². The molecule has 3 rings (SSSR count). The van der Waals surface area contributed by atoms with Crippen molar-refractivity contribution in [2.45, 2.75) is 18.6 Å². The molecule has 1 unspecified atom stereocenters. The monoisotopic (exact) mass is 450 g/mol. The van der Waals surface area contributed by atoms with Crippen molar-refractivity contribution in [1.29, 1.82) is 0 Å². The van der Waals surface area contributed by atoms with E-state index in [1.807, 2.05) is 5.32 Å². The van der Waals surface area contributed by atoms with E-state index in [1.54, 1.807) is 12.1 Å². The lowest BCUT2D eigenvalue weighted by molar-refractivity contribution is -0.142. The van der Waals surface area contributed by atoms with Crippen molar-refractivity contribution < 1.29 is 41.8 Å². The molecule has 1 fully saturated rings. The summed E-state index contributed by atoms with van der Waals surface area (Å²) in [6.45, 7) is 0. The van der Waals surface area contributed by atoms with Gasteiger partial charge < -0.3 is 19.9 Å². The molecule has 2 aromatic carbocycles. The van der Waals surface area contributed by atoms with Gasteiger partial charge in [0.05, 0.1) is 12.7 Å². The molecule has 1 aliphatic rings. The minimum atomic E-state index is -4.76. The fraction of sp³-hybridized carbons (Fsp3) is 0.190. The van der Waals surface area contributed by atoms with Crippen LogP contribution in [0.4, 0.5) is 18.0 Å². The summed E-state index contributed by atoms with van der Waals surface area (Å²) in [6, 6.07) is 8.28. The third kappa shape index (κ3) is 5.43. The van der Waals surface area contributed by atoms with Crippen molar-refractivity contribution >= 4 is 24.0 Å². The first kappa shape index (κ1) is 22.8. The molecule has 1 atom stereocenters. The number of alkyl halides is 3. The minimum absolute atomic E-state index is 0.0170. The topological polar surface area (TPSA) is 117 Å². The molecule has 0 aliphatic carbocycles. The number of alkyl carbamates (subject to hydrolysis) is 1. The summed E-state index contributed by atoms with van der Waals surface area (Å²) in [4.78, 5) is 34.0. The zero-order valence-electron chi connectivity index (χ0n) is 16.6. The number of cyclic esters (lactones) is 1. The number of esters is 1. The molecule has 1 saturated heterocycles. The number of hydrogen-bond acceptors (Lipinski definition) is 7. The first-order valence-corrected chi connectivity index (χ1v) is 9.13. The molecule has 0 saturated carbocycles. The van der Waals surface area contributed by atoms with E-state index in [0.717, 1.165) is 18.2 Å². The first-order valence-electron chi connectivity index (χ1n) is 9.13.